The van der Waals surface area contributed by atoms with Gasteiger partial charge in [0.15, 0.2) is 0 Å². The number of rotatable bonds is 4. The van der Waals surface area contributed by atoms with Gasteiger partial charge in [-0.25, -0.2) is 5.48 Å². The van der Waals surface area contributed by atoms with E-state index >= 15 is 0 Å². The SMILES string of the molecule is [CH2]NOCC[S+](C)[O-]. The Hall–Kier alpha value is 0.230. The van der Waals surface area contributed by atoms with E-state index in [4.69, 9.17) is 0 Å². The highest BCUT2D eigenvalue weighted by Gasteiger charge is 1.93. The van der Waals surface area contributed by atoms with Gasteiger partial charge in [0.25, 0.3) is 0 Å². The molecular weight excluding hydrogens is 126 g/mol. The highest BCUT2D eigenvalue weighted by atomic mass is 32.2. The molecule has 3 nitrogen and oxygen atoms in total. The number of hydroxylamine groups is 1. The number of hydrogen-bond acceptors (Lipinski definition) is 3. The maximum atomic E-state index is 10.3. The summed E-state index contributed by atoms with van der Waals surface area (Å²) in [6, 6.07) is 0. The molecule has 0 amide bonds. The zero-order valence-corrected chi connectivity index (χ0v) is 5.66. The summed E-state index contributed by atoms with van der Waals surface area (Å²) in [7, 11) is 3.21. The van der Waals surface area contributed by atoms with Crippen molar-refractivity contribution in [1.29, 1.82) is 0 Å². The average Bonchev–Trinajstić information content (AvgIpc) is 1.66. The summed E-state index contributed by atoms with van der Waals surface area (Å²) in [6.45, 7) is 0.451. The maximum absolute atomic E-state index is 10.3. The minimum absolute atomic E-state index is 0.451. The van der Waals surface area contributed by atoms with Gasteiger partial charge in [-0.1, -0.05) is 11.2 Å². The molecule has 0 saturated carbocycles. The third-order valence-electron chi connectivity index (χ3n) is 0.575. The summed E-state index contributed by atoms with van der Waals surface area (Å²) in [5.41, 5.74) is 2.24. The Morgan fingerprint density at radius 2 is 2.50 bits per heavy atom. The lowest BCUT2D eigenvalue weighted by atomic mass is 10.9. The van der Waals surface area contributed by atoms with Gasteiger partial charge in [-0.05, 0) is 0 Å². The van der Waals surface area contributed by atoms with E-state index in [-0.39, 0.29) is 0 Å². The first-order valence-corrected chi connectivity index (χ1v) is 3.94. The molecule has 0 aromatic rings. The lowest BCUT2D eigenvalue weighted by Gasteiger charge is -2.03. The smallest absolute Gasteiger partial charge is 0.130 e. The van der Waals surface area contributed by atoms with Crippen LogP contribution in [0.5, 0.6) is 0 Å². The van der Waals surface area contributed by atoms with Crippen molar-refractivity contribution in [1.82, 2.24) is 5.48 Å². The van der Waals surface area contributed by atoms with E-state index in [1.807, 2.05) is 0 Å². The van der Waals surface area contributed by atoms with Gasteiger partial charge in [0, 0.05) is 7.05 Å². The molecule has 1 N–H and O–H groups in total. The van der Waals surface area contributed by atoms with Crippen molar-refractivity contribution < 1.29 is 9.39 Å². The Bertz CT molecular complexity index is 51.3. The minimum atomic E-state index is -0.760. The molecule has 8 heavy (non-hydrogen) atoms. The molecule has 0 aromatic heterocycles. The van der Waals surface area contributed by atoms with Gasteiger partial charge in [0.1, 0.15) is 12.4 Å². The Morgan fingerprint density at radius 1 is 1.88 bits per heavy atom. The third kappa shape index (κ3) is 6.23. The molecule has 0 fully saturated rings. The van der Waals surface area contributed by atoms with Gasteiger partial charge < -0.3 is 4.55 Å². The van der Waals surface area contributed by atoms with E-state index in [1.165, 1.54) is 0 Å². The fourth-order valence-electron chi connectivity index (χ4n) is 0.231. The van der Waals surface area contributed by atoms with Gasteiger partial charge in [-0.2, -0.15) is 0 Å². The Balaban J connectivity index is 2.72. The maximum Gasteiger partial charge on any atom is 0.130 e. The second-order valence-corrected chi connectivity index (χ2v) is 2.82. The van der Waals surface area contributed by atoms with Gasteiger partial charge in [0.2, 0.25) is 0 Å². The topological polar surface area (TPSA) is 44.3 Å². The lowest BCUT2D eigenvalue weighted by Crippen LogP contribution is -2.14. The van der Waals surface area contributed by atoms with Crippen LogP contribution >= 0.6 is 0 Å². The molecule has 0 spiro atoms. The predicted octanol–water partition coefficient (Wildman–Crippen LogP) is -0.322. The molecule has 0 rings (SSSR count). The van der Waals surface area contributed by atoms with Crippen LogP contribution in [-0.4, -0.2) is 23.2 Å². The van der Waals surface area contributed by atoms with E-state index in [0.717, 1.165) is 0 Å². The van der Waals surface area contributed by atoms with Crippen molar-refractivity contribution in [3.63, 3.8) is 0 Å². The first kappa shape index (κ1) is 8.23. The summed E-state index contributed by atoms with van der Waals surface area (Å²) in [6.07, 6.45) is 1.63. The molecule has 0 saturated heterocycles. The zero-order chi connectivity index (χ0) is 6.41. The standard InChI is InChI=1S/C4H10NO2S/c1-5-7-3-4-8(2)6/h5H,1,3-4H2,2H3. The third-order valence-corrected chi connectivity index (χ3v) is 1.32. The fraction of sp³-hybridized carbons (Fsp3) is 0.750. The van der Waals surface area contributed by atoms with Crippen molar-refractivity contribution in [2.24, 2.45) is 0 Å². The van der Waals surface area contributed by atoms with Crippen LogP contribution in [0.3, 0.4) is 0 Å². The van der Waals surface area contributed by atoms with Gasteiger partial charge in [-0.3, -0.25) is 4.84 Å². The van der Waals surface area contributed by atoms with Crippen LogP contribution in [0.15, 0.2) is 0 Å². The summed E-state index contributed by atoms with van der Waals surface area (Å²) < 4.78 is 10.3. The predicted molar refractivity (Wildman–Crippen MR) is 33.4 cm³/mol. The van der Waals surface area contributed by atoms with Crippen molar-refractivity contribution in [2.75, 3.05) is 18.6 Å². The lowest BCUT2D eigenvalue weighted by molar-refractivity contribution is 0.0818. The minimum Gasteiger partial charge on any atom is -0.616 e. The molecule has 0 aromatic carbocycles. The van der Waals surface area contributed by atoms with E-state index < -0.39 is 11.2 Å². The Morgan fingerprint density at radius 3 is 2.88 bits per heavy atom. The molecule has 0 bridgehead atoms. The van der Waals surface area contributed by atoms with Gasteiger partial charge >= 0.3 is 0 Å². The van der Waals surface area contributed by atoms with Crippen LogP contribution in [0, 0.1) is 7.05 Å². The Kier molecular flexibility index (Phi) is 5.52. The molecule has 0 aliphatic rings. The molecule has 0 heterocycles. The molecule has 0 aliphatic carbocycles. The molecule has 1 atom stereocenters. The summed E-state index contributed by atoms with van der Waals surface area (Å²) in [4.78, 5) is 4.59. The highest BCUT2D eigenvalue weighted by Crippen LogP contribution is 1.80. The second-order valence-electron chi connectivity index (χ2n) is 1.27. The van der Waals surface area contributed by atoms with Gasteiger partial charge in [-0.15, -0.1) is 0 Å². The molecule has 1 radical (unpaired) electrons. The van der Waals surface area contributed by atoms with E-state index in [9.17, 15) is 4.55 Å². The summed E-state index contributed by atoms with van der Waals surface area (Å²) in [5.74, 6) is 0.558. The largest absolute Gasteiger partial charge is 0.616 e. The first-order chi connectivity index (χ1) is 3.77. The molecule has 49 valence electrons. The van der Waals surface area contributed by atoms with Crippen LogP contribution in [-0.2, 0) is 16.0 Å². The normalized spacial score (nSPS) is 13.9. The van der Waals surface area contributed by atoms with E-state index in [1.54, 1.807) is 6.26 Å². The second kappa shape index (κ2) is 5.37. The quantitative estimate of drug-likeness (QED) is 0.327. The molecule has 1 unspecified atom stereocenters. The average molecular weight is 136 g/mol. The van der Waals surface area contributed by atoms with Crippen molar-refractivity contribution in [3.8, 4) is 0 Å². The fourth-order valence-corrected chi connectivity index (χ4v) is 0.549. The highest BCUT2D eigenvalue weighted by molar-refractivity contribution is 7.90. The van der Waals surface area contributed by atoms with E-state index in [2.05, 4.69) is 17.4 Å². The number of nitrogens with one attached hydrogen (secondary N) is 1. The molecule has 4 heteroatoms. The van der Waals surface area contributed by atoms with E-state index in [0.29, 0.717) is 12.4 Å². The first-order valence-electron chi connectivity index (χ1n) is 2.21. The zero-order valence-electron chi connectivity index (χ0n) is 4.85. The Labute approximate surface area is 52.5 Å². The van der Waals surface area contributed by atoms with Crippen LogP contribution in [0.4, 0.5) is 0 Å². The molecule has 0 aliphatic heterocycles. The summed E-state index contributed by atoms with van der Waals surface area (Å²) in [5, 5.41) is 0. The van der Waals surface area contributed by atoms with Gasteiger partial charge in [0.05, 0.1) is 6.26 Å². The number of hydrogen-bond donors (Lipinski definition) is 1. The van der Waals surface area contributed by atoms with Crippen molar-refractivity contribution in [3.05, 3.63) is 7.05 Å². The van der Waals surface area contributed by atoms with Crippen molar-refractivity contribution >= 4 is 11.2 Å². The van der Waals surface area contributed by atoms with Crippen LogP contribution < -0.4 is 5.48 Å². The summed E-state index contributed by atoms with van der Waals surface area (Å²) >= 11 is -0.760. The molecular formula is C4H10NO2S. The van der Waals surface area contributed by atoms with Crippen LogP contribution in [0.2, 0.25) is 0 Å². The van der Waals surface area contributed by atoms with Crippen molar-refractivity contribution in [2.45, 2.75) is 0 Å². The van der Waals surface area contributed by atoms with Crippen LogP contribution in [0.1, 0.15) is 0 Å². The monoisotopic (exact) mass is 136 g/mol. The van der Waals surface area contributed by atoms with Crippen LogP contribution in [0.25, 0.3) is 0 Å².